The van der Waals surface area contributed by atoms with Crippen LogP contribution in [0.4, 0.5) is 52.7 Å². The Kier molecular flexibility index (Phi) is 12.6. The van der Waals surface area contributed by atoms with Crippen molar-refractivity contribution in [2.24, 2.45) is 0 Å². The Morgan fingerprint density at radius 2 is 0.652 bits per heavy atom. The van der Waals surface area contributed by atoms with E-state index in [1.54, 1.807) is 0 Å². The average Bonchev–Trinajstić information content (AvgIpc) is 3.79. The molecule has 0 bridgehead atoms. The molecule has 2 aliphatic carbocycles. The molecule has 0 aliphatic heterocycles. The monoisotopic (exact) mass is 1050 g/mol. The number of rotatable bonds is 4. The van der Waals surface area contributed by atoms with Crippen molar-refractivity contribution < 1.29 is 68.6 Å². The van der Waals surface area contributed by atoms with Gasteiger partial charge in [0.25, 0.3) is 0 Å². The normalized spacial score (nSPS) is 16.0. The summed E-state index contributed by atoms with van der Waals surface area (Å²) in [5, 5.41) is 0. The molecular formula is C51H52Cl2F12Zr. The zero-order chi connectivity index (χ0) is 50.2. The molecule has 0 atom stereocenters. The van der Waals surface area contributed by atoms with E-state index >= 15 is 0 Å². The van der Waals surface area contributed by atoms with Crippen LogP contribution in [0.2, 0.25) is 3.63 Å². The van der Waals surface area contributed by atoms with E-state index in [4.69, 9.17) is 17.0 Å². The van der Waals surface area contributed by atoms with Crippen LogP contribution in [0.3, 0.4) is 0 Å². The second-order valence-corrected chi connectivity index (χ2v) is 42.5. The van der Waals surface area contributed by atoms with Crippen LogP contribution in [0.1, 0.15) is 153 Å². The quantitative estimate of drug-likeness (QED) is 0.179. The van der Waals surface area contributed by atoms with Gasteiger partial charge in [-0.3, -0.25) is 0 Å². The zero-order valence-electron chi connectivity index (χ0n) is 38.5. The molecule has 0 amide bonds. The van der Waals surface area contributed by atoms with Crippen LogP contribution in [0.5, 0.6) is 0 Å². The minimum absolute atomic E-state index is 0.163. The maximum atomic E-state index is 14.9. The molecule has 2 aliphatic rings. The van der Waals surface area contributed by atoms with Gasteiger partial charge >= 0.3 is 388 Å². The summed E-state index contributed by atoms with van der Waals surface area (Å²) in [6.45, 7) is 23.7. The molecule has 0 fully saturated rings. The van der Waals surface area contributed by atoms with Crippen molar-refractivity contribution in [3.8, 4) is 11.1 Å². The number of alkyl halides is 12. The predicted molar refractivity (Wildman–Crippen MR) is 238 cm³/mol. The molecule has 0 radical (unpaired) electrons. The molecule has 358 valence electrons. The van der Waals surface area contributed by atoms with Crippen LogP contribution in [0.15, 0.2) is 85.0 Å². The molecule has 15 heteroatoms. The van der Waals surface area contributed by atoms with Crippen molar-refractivity contribution in [2.75, 3.05) is 0 Å². The Morgan fingerprint density at radius 1 is 0.394 bits per heavy atom. The van der Waals surface area contributed by atoms with Gasteiger partial charge in [0, 0.05) is 0 Å². The summed E-state index contributed by atoms with van der Waals surface area (Å²) in [4.78, 5) is 0. The fraction of sp³-hybridized carbons (Fsp3) is 0.431. The van der Waals surface area contributed by atoms with Gasteiger partial charge in [-0.2, -0.15) is 0 Å². The first-order valence-electron chi connectivity index (χ1n) is 21.2. The minimum atomic E-state index is -7.42. The van der Waals surface area contributed by atoms with Gasteiger partial charge < -0.3 is 0 Å². The van der Waals surface area contributed by atoms with Gasteiger partial charge in [0.1, 0.15) is 0 Å². The van der Waals surface area contributed by atoms with Crippen molar-refractivity contribution in [1.82, 2.24) is 0 Å². The number of fused-ring (bicyclic) bond motifs is 3. The maximum absolute atomic E-state index is 14.9. The molecule has 4 aromatic carbocycles. The van der Waals surface area contributed by atoms with Gasteiger partial charge in [-0.1, -0.05) is 0 Å². The molecule has 66 heavy (non-hydrogen) atoms. The van der Waals surface area contributed by atoms with Crippen LogP contribution < -0.4 is 0 Å². The molecule has 0 aromatic heterocycles. The van der Waals surface area contributed by atoms with E-state index in [0.717, 1.165) is 22.3 Å². The molecule has 6 rings (SSSR count). The molecule has 0 saturated heterocycles. The van der Waals surface area contributed by atoms with E-state index in [0.29, 0.717) is 46.5 Å². The van der Waals surface area contributed by atoms with E-state index in [9.17, 15) is 52.7 Å². The molecular weight excluding hydrogens is 1000 g/mol. The molecule has 0 N–H and O–H groups in total. The van der Waals surface area contributed by atoms with Gasteiger partial charge in [-0.15, -0.1) is 0 Å². The molecule has 4 aromatic rings. The van der Waals surface area contributed by atoms with Gasteiger partial charge in [0.2, 0.25) is 0 Å². The molecule has 0 unspecified atom stereocenters. The molecule has 0 spiro atoms. The fourth-order valence-corrected chi connectivity index (χ4v) is 28.8. The van der Waals surface area contributed by atoms with E-state index < -0.39 is 106 Å². The van der Waals surface area contributed by atoms with Crippen LogP contribution >= 0.6 is 17.0 Å². The van der Waals surface area contributed by atoms with Crippen molar-refractivity contribution in [3.05, 3.63) is 152 Å². The third-order valence-electron chi connectivity index (χ3n) is 12.6. The SMILES string of the molecule is CC(C)(C)c1cc2c(cc1C(C)(C)C)[CH]([Zr]([Cl])([Cl])(=[C](c1cc(C(F)(F)F)cc(C(F)(F)F)c1)c1cc(C(F)(F)F)cc(C(F)(F)F)c1)[CH]1C=CC=C1)c1cc(C(C)(C)C)c(C(C)(C)C)cc1-2. The van der Waals surface area contributed by atoms with Crippen LogP contribution in [-0.2, 0) is 62.3 Å². The first-order valence-corrected chi connectivity index (χ1v) is 31.6. The zero-order valence-corrected chi connectivity index (χ0v) is 42.5. The summed E-state index contributed by atoms with van der Waals surface area (Å²) in [5.41, 5.74) is -6.45. The Morgan fingerprint density at radius 3 is 0.894 bits per heavy atom. The third kappa shape index (κ3) is 9.45. The van der Waals surface area contributed by atoms with Gasteiger partial charge in [-0.05, 0) is 0 Å². The number of benzene rings is 4. The summed E-state index contributed by atoms with van der Waals surface area (Å²) in [6, 6.07) is 8.53. The summed E-state index contributed by atoms with van der Waals surface area (Å²) >= 11 is -7.42. The second-order valence-electron chi connectivity index (χ2n) is 21.8. The molecule has 0 nitrogen and oxygen atoms in total. The van der Waals surface area contributed by atoms with Crippen LogP contribution in [-0.4, -0.2) is 3.21 Å². The Balaban J connectivity index is 2.06. The average molecular weight is 1060 g/mol. The summed E-state index contributed by atoms with van der Waals surface area (Å²) in [7, 11) is 16.9. The molecule has 0 heterocycles. The molecule has 0 saturated carbocycles. The summed E-state index contributed by atoms with van der Waals surface area (Å²) in [6.07, 6.45) is -16.0. The van der Waals surface area contributed by atoms with Crippen molar-refractivity contribution in [1.29, 1.82) is 0 Å². The van der Waals surface area contributed by atoms with Crippen LogP contribution in [0, 0.1) is 0 Å². The van der Waals surface area contributed by atoms with Crippen molar-refractivity contribution in [3.63, 3.8) is 0 Å². The third-order valence-corrected chi connectivity index (χ3v) is 32.3. The summed E-state index contributed by atoms with van der Waals surface area (Å²) < 4.78 is 175. The Labute approximate surface area is 386 Å². The topological polar surface area (TPSA) is 0 Å². The van der Waals surface area contributed by atoms with Crippen LogP contribution in [0.25, 0.3) is 11.1 Å². The fourth-order valence-electron chi connectivity index (χ4n) is 9.60. The standard InChI is InChI=1S/C29H41.C17H6F12.C5H5.2ClH.Zr/c1-26(2,3)22-14-18-13-19-15-23(27(4,5)6)25(29(10,11)12)17-21(19)20(18)16-24(22)28(7,8)9;18-14(19,20)10-2-8(3-11(6-10)15(21,22)23)1-9-4-12(16(24,25)26)7-13(5-9)17(27,28)29;1-2-4-5-3-1;;;/h13-17H,1-12H3;2-7H;1-5H;2*1H;/q;;;;;+2/p-2. The van der Waals surface area contributed by atoms with E-state index in [2.05, 4.69) is 0 Å². The Bertz CT molecular complexity index is 2510. The predicted octanol–water partition coefficient (Wildman–Crippen LogP) is 18.2. The number of hydrogen-bond donors (Lipinski definition) is 0. The first kappa shape index (κ1) is 52.2. The first-order chi connectivity index (χ1) is 29.5. The summed E-state index contributed by atoms with van der Waals surface area (Å²) in [5.74, 6) is 0. The van der Waals surface area contributed by atoms with E-state index in [-0.39, 0.29) is 12.1 Å². The second kappa shape index (κ2) is 15.9. The number of allylic oxidation sites excluding steroid dienone is 4. The van der Waals surface area contributed by atoms with Crippen molar-refractivity contribution in [2.45, 2.75) is 137 Å². The number of halogens is 14. The van der Waals surface area contributed by atoms with E-state index in [1.807, 2.05) is 107 Å². The van der Waals surface area contributed by atoms with E-state index in [1.165, 1.54) is 24.3 Å². The van der Waals surface area contributed by atoms with Gasteiger partial charge in [0.15, 0.2) is 0 Å². The van der Waals surface area contributed by atoms with Gasteiger partial charge in [0.05, 0.1) is 0 Å². The van der Waals surface area contributed by atoms with Gasteiger partial charge in [-0.25, -0.2) is 0 Å². The Hall–Kier alpha value is -3.15. The van der Waals surface area contributed by atoms with Crippen molar-refractivity contribution >= 4 is 20.2 Å². The number of hydrogen-bond acceptors (Lipinski definition) is 0.